The number of halogens is 3. The Morgan fingerprint density at radius 2 is 1.51 bits per heavy atom. The van der Waals surface area contributed by atoms with E-state index in [9.17, 15) is 27.9 Å². The zero-order valence-electron chi connectivity index (χ0n) is 19.7. The number of aliphatic carboxylic acids is 1. The lowest BCUT2D eigenvalue weighted by atomic mass is 9.81. The lowest BCUT2D eigenvalue weighted by Crippen LogP contribution is -2.41. The normalized spacial score (nSPS) is 17.1. The summed E-state index contributed by atoms with van der Waals surface area (Å²) in [5.41, 5.74) is 8.64. The first kappa shape index (κ1) is 26.9. The summed E-state index contributed by atoms with van der Waals surface area (Å²) in [5, 5.41) is 16.6. The molecule has 1 unspecified atom stereocenters. The summed E-state index contributed by atoms with van der Waals surface area (Å²) in [6.45, 7) is 1.78. The van der Waals surface area contributed by atoms with Crippen LogP contribution in [0.15, 0.2) is 77.8 Å². The summed E-state index contributed by atoms with van der Waals surface area (Å²) in [7, 11) is 1.61. The molecule has 0 saturated heterocycles. The van der Waals surface area contributed by atoms with Crippen molar-refractivity contribution in [3.63, 3.8) is 0 Å². The molecule has 0 fully saturated rings. The van der Waals surface area contributed by atoms with Gasteiger partial charge < -0.3 is 15.9 Å². The average Bonchev–Trinajstić information content (AvgIpc) is 3.09. The maximum Gasteiger partial charge on any atom is 0.490 e. The van der Waals surface area contributed by atoms with Gasteiger partial charge in [0, 0.05) is 7.05 Å². The number of hydrogen-bond donors (Lipinski definition) is 3. The fourth-order valence-corrected chi connectivity index (χ4v) is 3.96. The zero-order valence-corrected chi connectivity index (χ0v) is 19.7. The second kappa shape index (κ2) is 10.1. The minimum absolute atomic E-state index is 0.151. The van der Waals surface area contributed by atoms with Gasteiger partial charge in [0.2, 0.25) is 0 Å². The minimum Gasteiger partial charge on any atom is -0.478 e. The molecule has 3 aromatic carbocycles. The van der Waals surface area contributed by atoms with Gasteiger partial charge >= 0.3 is 18.1 Å². The third kappa shape index (κ3) is 5.15. The van der Waals surface area contributed by atoms with Gasteiger partial charge in [-0.05, 0) is 46.9 Å². The monoisotopic (exact) mass is 513 g/mol. The standard InChI is InChI=1S/C24H21N3O3.C2HF3O2/c1-15-19(12-7-13-20(15)21(28)29)16-8-6-11-18(14-16)24(17-9-4-3-5-10-17)22(30)27(2)23(25)26-24;3-2(4,5)1(6)7/h3-14H,1-2H3,(H2,25,26)(H,28,29);(H,6,7). The molecule has 0 spiro atoms. The summed E-state index contributed by atoms with van der Waals surface area (Å²) < 4.78 is 31.7. The summed E-state index contributed by atoms with van der Waals surface area (Å²) >= 11 is 0. The van der Waals surface area contributed by atoms with Gasteiger partial charge in [0.1, 0.15) is 0 Å². The lowest BCUT2D eigenvalue weighted by molar-refractivity contribution is -0.192. The Balaban J connectivity index is 0.000000479. The van der Waals surface area contributed by atoms with Crippen LogP contribution in [0, 0.1) is 6.92 Å². The van der Waals surface area contributed by atoms with Crippen LogP contribution in [0.5, 0.6) is 0 Å². The van der Waals surface area contributed by atoms with Crippen LogP contribution in [0.1, 0.15) is 27.0 Å². The first-order chi connectivity index (χ1) is 17.3. The second-order valence-corrected chi connectivity index (χ2v) is 8.08. The van der Waals surface area contributed by atoms with E-state index in [1.165, 1.54) is 4.90 Å². The van der Waals surface area contributed by atoms with Gasteiger partial charge in [0.05, 0.1) is 5.56 Å². The van der Waals surface area contributed by atoms with Crippen molar-refractivity contribution in [3.05, 3.63) is 95.1 Å². The molecular formula is C26H22F3N3O5. The number of aliphatic imine (C=N–C) groups is 1. The maximum atomic E-state index is 13.4. The molecule has 4 rings (SSSR count). The topological polar surface area (TPSA) is 133 Å². The van der Waals surface area contributed by atoms with E-state index in [1.807, 2.05) is 60.7 Å². The maximum absolute atomic E-state index is 13.4. The molecule has 1 aliphatic rings. The number of likely N-dealkylation sites (N-methyl/N-ethyl adjacent to an activating group) is 1. The van der Waals surface area contributed by atoms with Crippen LogP contribution in [0.4, 0.5) is 13.2 Å². The number of amides is 1. The largest absolute Gasteiger partial charge is 0.490 e. The summed E-state index contributed by atoms with van der Waals surface area (Å²) in [6, 6.07) is 22.0. The van der Waals surface area contributed by atoms with E-state index in [2.05, 4.69) is 4.99 Å². The molecular weight excluding hydrogens is 491 g/mol. The number of alkyl halides is 3. The molecule has 0 saturated carbocycles. The zero-order chi connectivity index (χ0) is 27.5. The second-order valence-electron chi connectivity index (χ2n) is 8.08. The third-order valence-corrected chi connectivity index (χ3v) is 5.83. The smallest absolute Gasteiger partial charge is 0.478 e. The number of benzene rings is 3. The molecule has 11 heteroatoms. The van der Waals surface area contributed by atoms with E-state index < -0.39 is 23.7 Å². The van der Waals surface area contributed by atoms with Crippen molar-refractivity contribution in [1.82, 2.24) is 4.90 Å². The highest BCUT2D eigenvalue weighted by atomic mass is 19.4. The molecule has 1 aliphatic heterocycles. The van der Waals surface area contributed by atoms with Crippen LogP contribution in [-0.2, 0) is 15.1 Å². The number of carbonyl (C=O) groups is 3. The highest BCUT2D eigenvalue weighted by Crippen LogP contribution is 2.40. The van der Waals surface area contributed by atoms with Crippen LogP contribution < -0.4 is 5.73 Å². The highest BCUT2D eigenvalue weighted by Gasteiger charge is 2.49. The number of carboxylic acid groups (broad SMARTS) is 2. The summed E-state index contributed by atoms with van der Waals surface area (Å²) in [5.74, 6) is -3.82. The Labute approximate surface area is 209 Å². The van der Waals surface area contributed by atoms with Crippen molar-refractivity contribution in [3.8, 4) is 11.1 Å². The molecule has 4 N–H and O–H groups in total. The van der Waals surface area contributed by atoms with Crippen molar-refractivity contribution < 1.29 is 37.8 Å². The van der Waals surface area contributed by atoms with E-state index in [-0.39, 0.29) is 17.4 Å². The van der Waals surface area contributed by atoms with Gasteiger partial charge in [-0.1, -0.05) is 60.7 Å². The van der Waals surface area contributed by atoms with E-state index in [0.717, 1.165) is 16.7 Å². The number of rotatable bonds is 4. The van der Waals surface area contributed by atoms with Gasteiger partial charge in [0.25, 0.3) is 5.91 Å². The Morgan fingerprint density at radius 3 is 2.03 bits per heavy atom. The summed E-state index contributed by atoms with van der Waals surface area (Å²) in [4.78, 5) is 39.8. The molecule has 192 valence electrons. The van der Waals surface area contributed by atoms with Crippen LogP contribution in [0.25, 0.3) is 11.1 Å². The minimum atomic E-state index is -5.08. The van der Waals surface area contributed by atoms with Crippen molar-refractivity contribution in [1.29, 1.82) is 0 Å². The van der Waals surface area contributed by atoms with Crippen LogP contribution in [0.3, 0.4) is 0 Å². The van der Waals surface area contributed by atoms with E-state index >= 15 is 0 Å². The van der Waals surface area contributed by atoms with Crippen LogP contribution in [-0.4, -0.2) is 52.1 Å². The van der Waals surface area contributed by atoms with E-state index in [4.69, 9.17) is 15.6 Å². The van der Waals surface area contributed by atoms with Gasteiger partial charge in [-0.2, -0.15) is 13.2 Å². The predicted octanol–water partition coefficient (Wildman–Crippen LogP) is 4.02. The van der Waals surface area contributed by atoms with E-state index in [1.54, 1.807) is 26.1 Å². The molecule has 0 aromatic heterocycles. The first-order valence-electron chi connectivity index (χ1n) is 10.7. The Bertz CT molecular complexity index is 1390. The third-order valence-electron chi connectivity index (χ3n) is 5.83. The van der Waals surface area contributed by atoms with Gasteiger partial charge in [-0.3, -0.25) is 9.69 Å². The average molecular weight is 513 g/mol. The van der Waals surface area contributed by atoms with Crippen LogP contribution in [0.2, 0.25) is 0 Å². The predicted molar refractivity (Wildman–Crippen MR) is 129 cm³/mol. The molecule has 1 amide bonds. The van der Waals surface area contributed by atoms with Gasteiger partial charge in [-0.15, -0.1) is 0 Å². The van der Waals surface area contributed by atoms with Gasteiger partial charge in [0.15, 0.2) is 11.5 Å². The highest BCUT2D eigenvalue weighted by molar-refractivity contribution is 6.09. The molecule has 3 aromatic rings. The van der Waals surface area contributed by atoms with E-state index in [0.29, 0.717) is 11.1 Å². The number of nitrogens with zero attached hydrogens (tertiary/aromatic N) is 2. The first-order valence-corrected chi connectivity index (χ1v) is 10.7. The fourth-order valence-electron chi connectivity index (χ4n) is 3.96. The Morgan fingerprint density at radius 1 is 0.946 bits per heavy atom. The molecule has 1 atom stereocenters. The number of nitrogens with two attached hydrogens (primary N) is 1. The van der Waals surface area contributed by atoms with Crippen molar-refractivity contribution in [2.24, 2.45) is 10.7 Å². The molecule has 37 heavy (non-hydrogen) atoms. The summed E-state index contributed by atoms with van der Waals surface area (Å²) in [6.07, 6.45) is -5.08. The molecule has 0 aliphatic carbocycles. The Hall–Kier alpha value is -4.67. The van der Waals surface area contributed by atoms with Crippen LogP contribution >= 0.6 is 0 Å². The SMILES string of the molecule is Cc1c(C(=O)O)cccc1-c1cccc(C2(c3ccccc3)N=C(N)N(C)C2=O)c1.O=C(O)C(F)(F)F. The fraction of sp³-hybridized carbons (Fsp3) is 0.154. The van der Waals surface area contributed by atoms with Gasteiger partial charge in [-0.25, -0.2) is 14.6 Å². The Kier molecular flexibility index (Phi) is 7.37. The number of hydrogen-bond acceptors (Lipinski definition) is 5. The van der Waals surface area contributed by atoms with Crippen molar-refractivity contribution in [2.75, 3.05) is 7.05 Å². The molecule has 1 heterocycles. The van der Waals surface area contributed by atoms with Crippen molar-refractivity contribution >= 4 is 23.8 Å². The number of carbonyl (C=O) groups excluding carboxylic acids is 1. The molecule has 8 nitrogen and oxygen atoms in total. The van der Waals surface area contributed by atoms with Crippen molar-refractivity contribution in [2.45, 2.75) is 18.6 Å². The number of carboxylic acids is 2. The quantitative estimate of drug-likeness (QED) is 0.483. The lowest BCUT2D eigenvalue weighted by Gasteiger charge is -2.26. The molecule has 0 bridgehead atoms. The molecule has 0 radical (unpaired) electrons. The number of aromatic carboxylic acids is 1. The number of guanidine groups is 1.